The minimum Gasteiger partial charge on any atom is -0.357 e. The summed E-state index contributed by atoms with van der Waals surface area (Å²) in [7, 11) is 1.59. The van der Waals surface area contributed by atoms with Crippen LogP contribution < -0.4 is 21.3 Å². The van der Waals surface area contributed by atoms with Gasteiger partial charge >= 0.3 is 0 Å². The number of benzene rings is 4. The zero-order chi connectivity index (χ0) is 34.9. The van der Waals surface area contributed by atoms with Crippen LogP contribution in [0.1, 0.15) is 58.6 Å². The molecule has 6 rings (SSSR count). The maximum absolute atomic E-state index is 14.1. The monoisotopic (exact) mass is 671 g/mol. The predicted molar refractivity (Wildman–Crippen MR) is 194 cm³/mol. The molecule has 2 aliphatic rings. The van der Waals surface area contributed by atoms with Crippen LogP contribution in [0.15, 0.2) is 109 Å². The summed E-state index contributed by atoms with van der Waals surface area (Å²) in [6, 6.07) is 33.9. The SMILES string of the molecule is CNC(=O)[C@@H]1C[C@H]2CN1C(=O)C[C@@H](CCCc1ccccc1)NC(=O)C(c1ccccc1)CNC(=O)c1cccc(c1)-c1ccccc1CN2. The van der Waals surface area contributed by atoms with Crippen LogP contribution in [0.3, 0.4) is 0 Å². The average molecular weight is 672 g/mol. The molecule has 0 radical (unpaired) electrons. The molecule has 4 N–H and O–H groups in total. The number of rotatable bonds is 6. The van der Waals surface area contributed by atoms with Crippen LogP contribution in [-0.4, -0.2) is 66.8 Å². The number of nitrogens with one attached hydrogen (secondary N) is 4. The fraction of sp³-hybridized carbons (Fsp3) is 0.317. The van der Waals surface area contributed by atoms with E-state index in [9.17, 15) is 19.2 Å². The van der Waals surface area contributed by atoms with E-state index < -0.39 is 18.0 Å². The van der Waals surface area contributed by atoms with E-state index in [1.807, 2.05) is 91.0 Å². The fourth-order valence-corrected chi connectivity index (χ4v) is 7.11. The number of nitrogens with zero attached hydrogens (tertiary/aromatic N) is 1. The van der Waals surface area contributed by atoms with E-state index in [0.29, 0.717) is 31.5 Å². The maximum Gasteiger partial charge on any atom is 0.251 e. The number of fused-ring (bicyclic) bond motifs is 6. The normalized spacial score (nSPS) is 21.5. The van der Waals surface area contributed by atoms with Crippen molar-refractivity contribution in [2.45, 2.75) is 62.7 Å². The van der Waals surface area contributed by atoms with Crippen molar-refractivity contribution in [1.29, 1.82) is 0 Å². The van der Waals surface area contributed by atoms with Crippen molar-refractivity contribution in [2.24, 2.45) is 0 Å². The molecule has 2 aliphatic heterocycles. The summed E-state index contributed by atoms with van der Waals surface area (Å²) < 4.78 is 0. The van der Waals surface area contributed by atoms with Crippen molar-refractivity contribution >= 4 is 23.6 Å². The van der Waals surface area contributed by atoms with Gasteiger partial charge in [0.2, 0.25) is 17.7 Å². The highest BCUT2D eigenvalue weighted by atomic mass is 16.2. The molecule has 9 nitrogen and oxygen atoms in total. The minimum absolute atomic E-state index is 0.0588. The van der Waals surface area contributed by atoms with Gasteiger partial charge in [-0.05, 0) is 65.6 Å². The standard InChI is InChI=1S/C41H45N5O4/c1-42-41(50)37-23-34-27-46(37)38(47)24-33(20-10-14-28-12-4-2-5-13-28)45-40(49)36(29-15-6-3-7-16-29)26-44-39(48)31-19-11-18-30(22-31)35-21-9-8-17-32(35)25-43-34/h2-9,11-13,15-19,21-22,33-34,36-37,43H,10,14,20,23-27H2,1H3,(H,42,50)(H,44,48)(H,45,49)/t33-,34+,36?,37+/m1/s1. The Morgan fingerprint density at radius 1 is 0.860 bits per heavy atom. The Kier molecular flexibility index (Phi) is 11.4. The zero-order valence-electron chi connectivity index (χ0n) is 28.4. The lowest BCUT2D eigenvalue weighted by Crippen LogP contribution is -2.48. The second kappa shape index (κ2) is 16.4. The average Bonchev–Trinajstić information content (AvgIpc) is 3.59. The van der Waals surface area contributed by atoms with Crippen LogP contribution in [-0.2, 0) is 27.3 Å². The molecule has 1 unspecified atom stereocenters. The topological polar surface area (TPSA) is 120 Å². The number of carbonyl (C=O) groups excluding carboxylic acids is 4. The van der Waals surface area contributed by atoms with Gasteiger partial charge in [0.15, 0.2) is 0 Å². The molecule has 4 aromatic carbocycles. The summed E-state index contributed by atoms with van der Waals surface area (Å²) in [6.45, 7) is 0.984. The molecule has 4 atom stereocenters. The van der Waals surface area contributed by atoms with Crippen molar-refractivity contribution in [3.05, 3.63) is 131 Å². The molecule has 258 valence electrons. The summed E-state index contributed by atoms with van der Waals surface area (Å²) >= 11 is 0. The second-order valence-electron chi connectivity index (χ2n) is 13.2. The Balaban J connectivity index is 1.33. The van der Waals surface area contributed by atoms with E-state index >= 15 is 0 Å². The Labute approximate surface area is 293 Å². The quantitative estimate of drug-likeness (QED) is 0.239. The van der Waals surface area contributed by atoms with E-state index in [1.165, 1.54) is 5.56 Å². The van der Waals surface area contributed by atoms with Crippen molar-refractivity contribution in [1.82, 2.24) is 26.2 Å². The number of aryl methyl sites for hydroxylation is 1. The van der Waals surface area contributed by atoms with Gasteiger partial charge < -0.3 is 26.2 Å². The number of carbonyl (C=O) groups is 4. The predicted octanol–water partition coefficient (Wildman–Crippen LogP) is 4.58. The first-order valence-electron chi connectivity index (χ1n) is 17.5. The molecule has 50 heavy (non-hydrogen) atoms. The first kappa shape index (κ1) is 34.6. The van der Waals surface area contributed by atoms with Crippen LogP contribution in [0.2, 0.25) is 0 Å². The summed E-state index contributed by atoms with van der Waals surface area (Å²) in [5, 5.41) is 12.5. The highest BCUT2D eigenvalue weighted by Crippen LogP contribution is 2.27. The van der Waals surface area contributed by atoms with Gasteiger partial charge in [0.05, 0.1) is 5.92 Å². The highest BCUT2D eigenvalue weighted by molar-refractivity contribution is 5.96. The Bertz CT molecular complexity index is 1800. The molecule has 1 fully saturated rings. The summed E-state index contributed by atoms with van der Waals surface area (Å²) in [6.07, 6.45) is 2.67. The van der Waals surface area contributed by atoms with Crippen molar-refractivity contribution < 1.29 is 19.2 Å². The van der Waals surface area contributed by atoms with E-state index in [1.54, 1.807) is 18.0 Å². The molecule has 0 spiro atoms. The first-order chi connectivity index (χ1) is 24.4. The lowest BCUT2D eigenvalue weighted by molar-refractivity contribution is -0.139. The van der Waals surface area contributed by atoms with Gasteiger partial charge in [0.25, 0.3) is 5.91 Å². The molecule has 2 heterocycles. The lowest BCUT2D eigenvalue weighted by Gasteiger charge is -2.27. The third-order valence-corrected chi connectivity index (χ3v) is 9.82. The van der Waals surface area contributed by atoms with E-state index in [4.69, 9.17) is 0 Å². The highest BCUT2D eigenvalue weighted by Gasteiger charge is 2.40. The number of hydrogen-bond acceptors (Lipinski definition) is 5. The van der Waals surface area contributed by atoms with Crippen molar-refractivity contribution in [3.63, 3.8) is 0 Å². The van der Waals surface area contributed by atoms with Gasteiger partial charge in [-0.15, -0.1) is 0 Å². The molecule has 4 bridgehead atoms. The van der Waals surface area contributed by atoms with Gasteiger partial charge in [-0.3, -0.25) is 19.2 Å². The van der Waals surface area contributed by atoms with Crippen LogP contribution in [0.5, 0.6) is 0 Å². The van der Waals surface area contributed by atoms with Crippen molar-refractivity contribution in [3.8, 4) is 11.1 Å². The largest absolute Gasteiger partial charge is 0.357 e. The van der Waals surface area contributed by atoms with E-state index in [0.717, 1.165) is 35.1 Å². The lowest BCUT2D eigenvalue weighted by atomic mass is 9.95. The molecule has 4 amide bonds. The van der Waals surface area contributed by atoms with Crippen LogP contribution >= 0.6 is 0 Å². The number of amides is 4. The van der Waals surface area contributed by atoms with Crippen LogP contribution in [0, 0.1) is 0 Å². The minimum atomic E-state index is -0.683. The van der Waals surface area contributed by atoms with Gasteiger partial charge in [-0.2, -0.15) is 0 Å². The van der Waals surface area contributed by atoms with Crippen LogP contribution in [0.25, 0.3) is 11.1 Å². The molecule has 0 aliphatic carbocycles. The fourth-order valence-electron chi connectivity index (χ4n) is 7.11. The van der Waals surface area contributed by atoms with Gasteiger partial charge in [0, 0.05) is 50.7 Å². The molecule has 0 aromatic heterocycles. The molecular weight excluding hydrogens is 626 g/mol. The smallest absolute Gasteiger partial charge is 0.251 e. The van der Waals surface area contributed by atoms with Gasteiger partial charge in [-0.25, -0.2) is 0 Å². The number of likely N-dealkylation sites (N-methyl/N-ethyl adjacent to an activating group) is 1. The van der Waals surface area contributed by atoms with E-state index in [-0.39, 0.29) is 42.6 Å². The third-order valence-electron chi connectivity index (χ3n) is 9.82. The molecular formula is C41H45N5O4. The van der Waals surface area contributed by atoms with Gasteiger partial charge in [-0.1, -0.05) is 97.1 Å². The molecule has 1 saturated heterocycles. The first-order valence-corrected chi connectivity index (χ1v) is 17.5. The third kappa shape index (κ3) is 8.47. The summed E-state index contributed by atoms with van der Waals surface area (Å²) in [5.74, 6) is -1.59. The van der Waals surface area contributed by atoms with E-state index in [2.05, 4.69) is 33.4 Å². The summed E-state index contributed by atoms with van der Waals surface area (Å²) in [4.78, 5) is 56.6. The Morgan fingerprint density at radius 2 is 1.58 bits per heavy atom. The Hall–Kier alpha value is -5.28. The Morgan fingerprint density at radius 3 is 2.36 bits per heavy atom. The maximum atomic E-state index is 14.1. The second-order valence-corrected chi connectivity index (χ2v) is 13.2. The zero-order valence-corrected chi connectivity index (χ0v) is 28.4. The molecule has 9 heteroatoms. The van der Waals surface area contributed by atoms with Crippen LogP contribution in [0.4, 0.5) is 0 Å². The molecule has 4 aromatic rings. The summed E-state index contributed by atoms with van der Waals surface area (Å²) in [5.41, 5.74) is 5.38. The molecule has 0 saturated carbocycles. The number of hydrogen-bond donors (Lipinski definition) is 4. The van der Waals surface area contributed by atoms with Crippen molar-refractivity contribution in [2.75, 3.05) is 20.1 Å². The van der Waals surface area contributed by atoms with Gasteiger partial charge in [0.1, 0.15) is 6.04 Å².